The van der Waals surface area contributed by atoms with Gasteiger partial charge in [-0.2, -0.15) is 4.31 Å². The highest BCUT2D eigenvalue weighted by molar-refractivity contribution is 7.89. The number of nitrogens with two attached hydrogens (primary N) is 1. The van der Waals surface area contributed by atoms with Gasteiger partial charge in [0.2, 0.25) is 10.0 Å². The first-order chi connectivity index (χ1) is 13.1. The van der Waals surface area contributed by atoms with Gasteiger partial charge in [0.15, 0.2) is 0 Å². The minimum Gasteiger partial charge on any atom is -0.444 e. The second-order valence-corrected chi connectivity index (χ2v) is 11.8. The van der Waals surface area contributed by atoms with Crippen LogP contribution in [-0.2, 0) is 14.8 Å². The van der Waals surface area contributed by atoms with Crippen molar-refractivity contribution in [1.29, 1.82) is 0 Å². The zero-order valence-electron chi connectivity index (χ0n) is 17.6. The monoisotopic (exact) mass is 415 g/mol. The fourth-order valence-corrected chi connectivity index (χ4v) is 6.70. The van der Waals surface area contributed by atoms with E-state index < -0.39 is 15.6 Å². The van der Waals surface area contributed by atoms with Crippen LogP contribution < -0.4 is 5.73 Å². The molecule has 3 aliphatic rings. The first-order valence-electron chi connectivity index (χ1n) is 10.8. The van der Waals surface area contributed by atoms with Gasteiger partial charge in [-0.15, -0.1) is 0 Å². The van der Waals surface area contributed by atoms with Crippen molar-refractivity contribution < 1.29 is 17.9 Å². The Morgan fingerprint density at radius 3 is 2.46 bits per heavy atom. The Balaban J connectivity index is 1.74. The molecule has 28 heavy (non-hydrogen) atoms. The molecule has 3 unspecified atom stereocenters. The maximum absolute atomic E-state index is 12.8. The van der Waals surface area contributed by atoms with Crippen molar-refractivity contribution >= 4 is 16.1 Å². The molecular weight excluding hydrogens is 378 g/mol. The minimum absolute atomic E-state index is 0.0969. The average molecular weight is 416 g/mol. The topological polar surface area (TPSA) is 92.9 Å². The Hall–Kier alpha value is -0.860. The highest BCUT2D eigenvalue weighted by Gasteiger charge is 2.44. The number of amides is 1. The summed E-state index contributed by atoms with van der Waals surface area (Å²) in [7, 11) is -3.27. The molecule has 1 aliphatic carbocycles. The molecule has 7 nitrogen and oxygen atoms in total. The minimum atomic E-state index is -3.27. The zero-order chi connectivity index (χ0) is 20.5. The molecule has 2 aliphatic heterocycles. The normalized spacial score (nSPS) is 35.9. The quantitative estimate of drug-likeness (QED) is 0.765. The lowest BCUT2D eigenvalue weighted by Crippen LogP contribution is -2.60. The van der Waals surface area contributed by atoms with Crippen molar-refractivity contribution in [2.24, 2.45) is 11.7 Å². The highest BCUT2D eigenvalue weighted by Crippen LogP contribution is 2.32. The molecule has 162 valence electrons. The van der Waals surface area contributed by atoms with E-state index in [1.165, 1.54) is 12.8 Å². The molecule has 3 fully saturated rings. The Kier molecular flexibility index (Phi) is 6.61. The maximum Gasteiger partial charge on any atom is 0.410 e. The zero-order valence-corrected chi connectivity index (χ0v) is 18.4. The molecule has 8 heteroatoms. The van der Waals surface area contributed by atoms with Gasteiger partial charge in [-0.1, -0.05) is 12.8 Å². The van der Waals surface area contributed by atoms with E-state index in [4.69, 9.17) is 10.5 Å². The van der Waals surface area contributed by atoms with Gasteiger partial charge in [-0.25, -0.2) is 13.2 Å². The van der Waals surface area contributed by atoms with E-state index in [1.54, 1.807) is 9.21 Å². The van der Waals surface area contributed by atoms with Crippen LogP contribution in [0.25, 0.3) is 0 Å². The van der Waals surface area contributed by atoms with Crippen LogP contribution in [0.4, 0.5) is 4.79 Å². The predicted octanol–water partition coefficient (Wildman–Crippen LogP) is 2.70. The molecule has 1 amide bonds. The van der Waals surface area contributed by atoms with E-state index in [9.17, 15) is 13.2 Å². The standard InChI is InChI=1S/C20H37N3O4S/c1-20(2,3)27-19(24)22-13-17(11-10-15-7-4-5-9-18(15)21)23-14-16(22)8-6-12-28(23,25)26/h15-18H,4-14,21H2,1-3H3/t15-,16?,17?,18+/m1/s1. The summed E-state index contributed by atoms with van der Waals surface area (Å²) in [6.45, 7) is 6.39. The number of fused-ring (bicyclic) bond motifs is 2. The van der Waals surface area contributed by atoms with Crippen LogP contribution >= 0.6 is 0 Å². The Bertz CT molecular complexity index is 661. The van der Waals surface area contributed by atoms with Crippen molar-refractivity contribution in [3.8, 4) is 0 Å². The van der Waals surface area contributed by atoms with Crippen LogP contribution in [0.5, 0.6) is 0 Å². The van der Waals surface area contributed by atoms with Crippen LogP contribution in [0.3, 0.4) is 0 Å². The van der Waals surface area contributed by atoms with Gasteiger partial charge in [0.05, 0.1) is 5.75 Å². The number of nitrogens with zero attached hydrogens (tertiary/aromatic N) is 2. The third-order valence-corrected chi connectivity index (χ3v) is 8.38. The summed E-state index contributed by atoms with van der Waals surface area (Å²) in [5, 5.41) is 0. The van der Waals surface area contributed by atoms with Gasteiger partial charge in [0.25, 0.3) is 0 Å². The number of carbonyl (C=O) groups is 1. The smallest absolute Gasteiger partial charge is 0.410 e. The molecule has 3 rings (SSSR count). The number of ether oxygens (including phenoxy) is 1. The lowest BCUT2D eigenvalue weighted by Gasteiger charge is -2.44. The van der Waals surface area contributed by atoms with Crippen LogP contribution in [0, 0.1) is 5.92 Å². The number of sulfonamides is 1. The SMILES string of the molecule is CC(C)(C)OC(=O)N1CC(CC[C@H]2CCCC[C@@H]2N)N2CC1CCCS2(=O)=O. The fourth-order valence-electron chi connectivity index (χ4n) is 4.91. The molecule has 0 spiro atoms. The van der Waals surface area contributed by atoms with Crippen LogP contribution in [-0.4, -0.2) is 66.3 Å². The van der Waals surface area contributed by atoms with E-state index in [1.807, 2.05) is 20.8 Å². The largest absolute Gasteiger partial charge is 0.444 e. The second kappa shape index (κ2) is 8.48. The molecule has 0 aromatic rings. The van der Waals surface area contributed by atoms with Gasteiger partial charge in [0.1, 0.15) is 5.60 Å². The Labute approximate surface area is 170 Å². The van der Waals surface area contributed by atoms with Crippen LogP contribution in [0.2, 0.25) is 0 Å². The van der Waals surface area contributed by atoms with Gasteiger partial charge in [-0.05, 0) is 65.2 Å². The van der Waals surface area contributed by atoms with Crippen molar-refractivity contribution in [2.75, 3.05) is 18.8 Å². The van der Waals surface area contributed by atoms with E-state index in [-0.39, 0.29) is 30.0 Å². The number of carbonyl (C=O) groups excluding carboxylic acids is 1. The Morgan fingerprint density at radius 1 is 1.07 bits per heavy atom. The van der Waals surface area contributed by atoms with Crippen molar-refractivity contribution in [2.45, 2.75) is 95.9 Å². The molecule has 0 radical (unpaired) electrons. The van der Waals surface area contributed by atoms with Crippen molar-refractivity contribution in [3.05, 3.63) is 0 Å². The maximum atomic E-state index is 12.8. The predicted molar refractivity (Wildman–Crippen MR) is 109 cm³/mol. The molecule has 2 N–H and O–H groups in total. The summed E-state index contributed by atoms with van der Waals surface area (Å²) in [5.41, 5.74) is 5.74. The molecule has 1 saturated carbocycles. The third-order valence-electron chi connectivity index (χ3n) is 6.41. The van der Waals surface area contributed by atoms with E-state index in [0.717, 1.165) is 25.7 Å². The first kappa shape index (κ1) is 21.8. The van der Waals surface area contributed by atoms with Gasteiger partial charge < -0.3 is 15.4 Å². The van der Waals surface area contributed by atoms with Gasteiger partial charge in [-0.3, -0.25) is 0 Å². The summed E-state index contributed by atoms with van der Waals surface area (Å²) in [5.74, 6) is 0.626. The van der Waals surface area contributed by atoms with E-state index in [0.29, 0.717) is 31.8 Å². The summed E-state index contributed by atoms with van der Waals surface area (Å²) < 4.78 is 32.9. The number of hydrogen-bond donors (Lipinski definition) is 1. The molecule has 0 aromatic heterocycles. The summed E-state index contributed by atoms with van der Waals surface area (Å²) in [6.07, 6.45) is 7.22. The van der Waals surface area contributed by atoms with E-state index in [2.05, 4.69) is 0 Å². The van der Waals surface area contributed by atoms with Crippen LogP contribution in [0.1, 0.15) is 72.1 Å². The number of piperazine rings is 1. The number of hydrogen-bond acceptors (Lipinski definition) is 5. The second-order valence-electron chi connectivity index (χ2n) is 9.75. The highest BCUT2D eigenvalue weighted by atomic mass is 32.2. The van der Waals surface area contributed by atoms with Crippen molar-refractivity contribution in [3.63, 3.8) is 0 Å². The van der Waals surface area contributed by atoms with E-state index >= 15 is 0 Å². The number of rotatable bonds is 3. The summed E-state index contributed by atoms with van der Waals surface area (Å²) in [4.78, 5) is 14.6. The molecule has 5 atom stereocenters. The molecule has 2 bridgehead atoms. The average Bonchev–Trinajstić information content (AvgIpc) is 2.71. The lowest BCUT2D eigenvalue weighted by atomic mass is 9.81. The van der Waals surface area contributed by atoms with Crippen LogP contribution in [0.15, 0.2) is 0 Å². The fraction of sp³-hybridized carbons (Fsp3) is 0.950. The van der Waals surface area contributed by atoms with Crippen molar-refractivity contribution in [1.82, 2.24) is 9.21 Å². The molecule has 0 aromatic carbocycles. The summed E-state index contributed by atoms with van der Waals surface area (Å²) in [6, 6.07) is -0.0610. The Morgan fingerprint density at radius 2 is 1.79 bits per heavy atom. The lowest BCUT2D eigenvalue weighted by molar-refractivity contribution is -0.00402. The summed E-state index contributed by atoms with van der Waals surface area (Å²) >= 11 is 0. The molecule has 2 saturated heterocycles. The molecule has 2 heterocycles. The first-order valence-corrected chi connectivity index (χ1v) is 12.4. The van der Waals surface area contributed by atoms with Gasteiger partial charge in [0, 0.05) is 31.2 Å². The van der Waals surface area contributed by atoms with Gasteiger partial charge >= 0.3 is 6.09 Å². The molecular formula is C20H37N3O4S. The third kappa shape index (κ3) is 5.19.